The van der Waals surface area contributed by atoms with Gasteiger partial charge in [0.15, 0.2) is 0 Å². The molecule has 1 aliphatic rings. The minimum Gasteiger partial charge on any atom is -0.333 e. The first kappa shape index (κ1) is 13.8. The van der Waals surface area contributed by atoms with Crippen LogP contribution in [0.1, 0.15) is 36.1 Å². The van der Waals surface area contributed by atoms with E-state index in [0.717, 1.165) is 12.8 Å². The SMILES string of the molecule is CC1(C)c2ccccc2CCc2ccccc21.CN. The summed E-state index contributed by atoms with van der Waals surface area (Å²) in [5.41, 5.74) is 10.6. The summed E-state index contributed by atoms with van der Waals surface area (Å²) in [5.74, 6) is 0. The van der Waals surface area contributed by atoms with Gasteiger partial charge in [-0.2, -0.15) is 0 Å². The fourth-order valence-corrected chi connectivity index (χ4v) is 3.11. The number of nitrogens with two attached hydrogens (primary N) is 1. The van der Waals surface area contributed by atoms with Gasteiger partial charge in [0.25, 0.3) is 0 Å². The van der Waals surface area contributed by atoms with Crippen LogP contribution < -0.4 is 5.73 Å². The molecule has 0 heterocycles. The summed E-state index contributed by atoms with van der Waals surface area (Å²) >= 11 is 0. The van der Waals surface area contributed by atoms with Crippen LogP contribution >= 0.6 is 0 Å². The fraction of sp³-hybridized carbons (Fsp3) is 0.333. The van der Waals surface area contributed by atoms with Crippen LogP contribution in [0.4, 0.5) is 0 Å². The zero-order valence-corrected chi connectivity index (χ0v) is 12.1. The number of hydrogen-bond acceptors (Lipinski definition) is 1. The van der Waals surface area contributed by atoms with E-state index in [4.69, 9.17) is 0 Å². The van der Waals surface area contributed by atoms with Gasteiger partial charge in [-0.15, -0.1) is 0 Å². The third-order valence-electron chi connectivity index (χ3n) is 4.05. The predicted molar refractivity (Wildman–Crippen MR) is 82.5 cm³/mol. The van der Waals surface area contributed by atoms with Crippen molar-refractivity contribution < 1.29 is 0 Å². The lowest BCUT2D eigenvalue weighted by Gasteiger charge is -2.28. The molecule has 3 rings (SSSR count). The Morgan fingerprint density at radius 2 is 1.11 bits per heavy atom. The Balaban J connectivity index is 0.000000637. The van der Waals surface area contributed by atoms with Crippen LogP contribution in [0.25, 0.3) is 0 Å². The van der Waals surface area contributed by atoms with Gasteiger partial charge in [-0.25, -0.2) is 0 Å². The standard InChI is InChI=1S/C17H18.CH5N/c1-17(2)15-9-5-3-7-13(15)11-12-14-8-4-6-10-16(14)17;1-2/h3-10H,11-12H2,1-2H3;2H2,1H3. The summed E-state index contributed by atoms with van der Waals surface area (Å²) < 4.78 is 0. The Morgan fingerprint density at radius 1 is 0.737 bits per heavy atom. The highest BCUT2D eigenvalue weighted by molar-refractivity contribution is 5.48. The molecule has 1 nitrogen and oxygen atoms in total. The zero-order chi connectivity index (χ0) is 13.9. The smallest absolute Gasteiger partial charge is 0.0152 e. The summed E-state index contributed by atoms with van der Waals surface area (Å²) in [6.07, 6.45) is 2.33. The molecule has 0 fully saturated rings. The first-order chi connectivity index (χ1) is 9.19. The lowest BCUT2D eigenvalue weighted by molar-refractivity contribution is 0.636. The quantitative estimate of drug-likeness (QED) is 0.761. The van der Waals surface area contributed by atoms with E-state index < -0.39 is 0 Å². The maximum Gasteiger partial charge on any atom is 0.0152 e. The van der Waals surface area contributed by atoms with E-state index in [1.54, 1.807) is 0 Å². The Labute approximate surface area is 116 Å². The van der Waals surface area contributed by atoms with Gasteiger partial charge in [0, 0.05) is 5.41 Å². The van der Waals surface area contributed by atoms with Gasteiger partial charge in [0.05, 0.1) is 0 Å². The number of rotatable bonds is 0. The Bertz CT molecular complexity index is 506. The average Bonchev–Trinajstić information content (AvgIpc) is 2.58. The molecule has 0 atom stereocenters. The Morgan fingerprint density at radius 3 is 1.53 bits per heavy atom. The van der Waals surface area contributed by atoms with Crippen molar-refractivity contribution >= 4 is 0 Å². The van der Waals surface area contributed by atoms with E-state index in [1.807, 2.05) is 0 Å². The molecular weight excluding hydrogens is 230 g/mol. The van der Waals surface area contributed by atoms with Gasteiger partial charge in [0.1, 0.15) is 0 Å². The van der Waals surface area contributed by atoms with E-state index in [9.17, 15) is 0 Å². The van der Waals surface area contributed by atoms with E-state index in [2.05, 4.69) is 68.1 Å². The molecule has 2 aromatic rings. The number of hydrogen-bond donors (Lipinski definition) is 1. The van der Waals surface area contributed by atoms with Crippen LogP contribution in [0.3, 0.4) is 0 Å². The lowest BCUT2D eigenvalue weighted by atomic mass is 9.76. The van der Waals surface area contributed by atoms with Crippen molar-refractivity contribution in [2.75, 3.05) is 7.05 Å². The number of benzene rings is 2. The molecule has 0 radical (unpaired) electrons. The molecule has 0 saturated heterocycles. The molecule has 2 aromatic carbocycles. The number of aryl methyl sites for hydroxylation is 2. The van der Waals surface area contributed by atoms with E-state index in [1.165, 1.54) is 29.3 Å². The topological polar surface area (TPSA) is 26.0 Å². The van der Waals surface area contributed by atoms with Crippen LogP contribution in [0.5, 0.6) is 0 Å². The second-order valence-electron chi connectivity index (χ2n) is 5.44. The van der Waals surface area contributed by atoms with Gasteiger partial charge in [-0.05, 0) is 42.1 Å². The predicted octanol–water partition coefficient (Wildman–Crippen LogP) is 3.69. The summed E-state index contributed by atoms with van der Waals surface area (Å²) in [6.45, 7) is 4.69. The molecule has 100 valence electrons. The highest BCUT2D eigenvalue weighted by Gasteiger charge is 2.29. The molecule has 0 aliphatic heterocycles. The average molecular weight is 253 g/mol. The van der Waals surface area contributed by atoms with Crippen molar-refractivity contribution in [1.82, 2.24) is 0 Å². The normalized spacial score (nSPS) is 15.4. The molecule has 0 bridgehead atoms. The molecule has 2 N–H and O–H groups in total. The molecule has 19 heavy (non-hydrogen) atoms. The maximum atomic E-state index is 4.50. The highest BCUT2D eigenvalue weighted by Crippen LogP contribution is 2.38. The van der Waals surface area contributed by atoms with Crippen molar-refractivity contribution in [3.05, 3.63) is 70.8 Å². The van der Waals surface area contributed by atoms with Crippen molar-refractivity contribution in [1.29, 1.82) is 0 Å². The van der Waals surface area contributed by atoms with E-state index in [-0.39, 0.29) is 5.41 Å². The van der Waals surface area contributed by atoms with Gasteiger partial charge < -0.3 is 5.73 Å². The van der Waals surface area contributed by atoms with Crippen molar-refractivity contribution in [3.63, 3.8) is 0 Å². The van der Waals surface area contributed by atoms with Gasteiger partial charge in [-0.3, -0.25) is 0 Å². The number of fused-ring (bicyclic) bond motifs is 2. The van der Waals surface area contributed by atoms with Crippen LogP contribution in [-0.4, -0.2) is 7.05 Å². The Kier molecular flexibility index (Phi) is 4.06. The fourth-order valence-electron chi connectivity index (χ4n) is 3.11. The molecule has 0 unspecified atom stereocenters. The third-order valence-corrected chi connectivity index (χ3v) is 4.05. The zero-order valence-electron chi connectivity index (χ0n) is 12.1. The monoisotopic (exact) mass is 253 g/mol. The maximum absolute atomic E-state index is 4.50. The molecule has 1 aliphatic carbocycles. The molecule has 0 aromatic heterocycles. The van der Waals surface area contributed by atoms with Crippen LogP contribution in [0.15, 0.2) is 48.5 Å². The second kappa shape index (κ2) is 5.58. The van der Waals surface area contributed by atoms with Crippen LogP contribution in [-0.2, 0) is 18.3 Å². The van der Waals surface area contributed by atoms with Crippen LogP contribution in [0.2, 0.25) is 0 Å². The van der Waals surface area contributed by atoms with Crippen molar-refractivity contribution in [3.8, 4) is 0 Å². The minimum atomic E-state index is 0.129. The molecule has 0 saturated carbocycles. The first-order valence-corrected chi connectivity index (χ1v) is 6.94. The lowest BCUT2D eigenvalue weighted by Crippen LogP contribution is -2.20. The van der Waals surface area contributed by atoms with E-state index >= 15 is 0 Å². The van der Waals surface area contributed by atoms with Crippen molar-refractivity contribution in [2.24, 2.45) is 5.73 Å². The van der Waals surface area contributed by atoms with Gasteiger partial charge in [-0.1, -0.05) is 62.4 Å². The molecule has 1 heteroatoms. The molecular formula is C18H23N. The van der Waals surface area contributed by atoms with E-state index in [0.29, 0.717) is 0 Å². The summed E-state index contributed by atoms with van der Waals surface area (Å²) in [7, 11) is 1.50. The summed E-state index contributed by atoms with van der Waals surface area (Å²) in [6, 6.07) is 17.8. The molecule has 0 amide bonds. The first-order valence-electron chi connectivity index (χ1n) is 6.94. The second-order valence-corrected chi connectivity index (χ2v) is 5.44. The van der Waals surface area contributed by atoms with Gasteiger partial charge in [0.2, 0.25) is 0 Å². The molecule has 0 spiro atoms. The highest BCUT2D eigenvalue weighted by atomic mass is 14.4. The minimum absolute atomic E-state index is 0.129. The van der Waals surface area contributed by atoms with Crippen molar-refractivity contribution in [2.45, 2.75) is 32.1 Å². The third kappa shape index (κ3) is 2.43. The van der Waals surface area contributed by atoms with Crippen LogP contribution in [0, 0.1) is 0 Å². The van der Waals surface area contributed by atoms with Gasteiger partial charge >= 0.3 is 0 Å². The largest absolute Gasteiger partial charge is 0.333 e. The summed E-state index contributed by atoms with van der Waals surface area (Å²) in [4.78, 5) is 0. The Hall–Kier alpha value is -1.60. The summed E-state index contributed by atoms with van der Waals surface area (Å²) in [5, 5.41) is 0.